The predicted molar refractivity (Wildman–Crippen MR) is 104 cm³/mol. The normalized spacial score (nSPS) is 32.1. The van der Waals surface area contributed by atoms with E-state index >= 15 is 0 Å². The van der Waals surface area contributed by atoms with Crippen LogP contribution in [-0.4, -0.2) is 54.0 Å². The van der Waals surface area contributed by atoms with Gasteiger partial charge in [-0.05, 0) is 41.6 Å². The lowest BCUT2D eigenvalue weighted by atomic mass is 9.86. The molecule has 9 heteroatoms. The number of fused-ring (bicyclic) bond motifs is 2. The van der Waals surface area contributed by atoms with E-state index in [1.165, 1.54) is 0 Å². The fourth-order valence-electron chi connectivity index (χ4n) is 4.64. The molecule has 5 rings (SSSR count). The molecule has 4 heterocycles. The summed E-state index contributed by atoms with van der Waals surface area (Å²) in [6.07, 6.45) is 5.86. The first-order valence-corrected chi connectivity index (χ1v) is 11.7. The van der Waals surface area contributed by atoms with Gasteiger partial charge in [0.2, 0.25) is 5.76 Å². The molecule has 2 atom stereocenters. The topological polar surface area (TPSA) is 99.2 Å². The number of halogens is 1. The predicted octanol–water partition coefficient (Wildman–Crippen LogP) is 2.67. The van der Waals surface area contributed by atoms with Gasteiger partial charge in [0.1, 0.15) is 11.9 Å². The zero-order valence-corrected chi connectivity index (χ0v) is 17.0. The Kier molecular flexibility index (Phi) is 4.00. The Morgan fingerprint density at radius 1 is 1.33 bits per heavy atom. The number of likely N-dealkylation sites (tertiary alicyclic amines) is 1. The zero-order chi connectivity index (χ0) is 18.8. The lowest BCUT2D eigenvalue weighted by Gasteiger charge is -2.58. The van der Waals surface area contributed by atoms with Crippen molar-refractivity contribution in [3.05, 3.63) is 22.5 Å². The van der Waals surface area contributed by atoms with Crippen molar-refractivity contribution in [3.63, 3.8) is 0 Å². The van der Waals surface area contributed by atoms with E-state index in [2.05, 4.69) is 31.1 Å². The molecule has 27 heavy (non-hydrogen) atoms. The van der Waals surface area contributed by atoms with E-state index in [1.54, 1.807) is 12.3 Å². The zero-order valence-electron chi connectivity index (χ0n) is 14.6. The number of anilines is 1. The molecule has 1 N–H and O–H groups in total. The fraction of sp³-hybridized carbons (Fsp3) is 0.556. The van der Waals surface area contributed by atoms with Crippen LogP contribution in [0.4, 0.5) is 5.82 Å². The molecule has 3 aliphatic rings. The van der Waals surface area contributed by atoms with E-state index in [4.69, 9.17) is 9.68 Å². The van der Waals surface area contributed by atoms with Crippen molar-refractivity contribution in [1.29, 1.82) is 5.26 Å². The van der Waals surface area contributed by atoms with Gasteiger partial charge in [0, 0.05) is 36.1 Å². The second-order valence-electron chi connectivity index (χ2n) is 7.70. The Morgan fingerprint density at radius 2 is 2.11 bits per heavy atom. The fourth-order valence-corrected chi connectivity index (χ4v) is 7.08. The summed E-state index contributed by atoms with van der Waals surface area (Å²) in [6.45, 7) is 0.723. The van der Waals surface area contributed by atoms with Crippen LogP contribution in [-0.2, 0) is 9.84 Å². The number of aromatic nitrogens is 1. The van der Waals surface area contributed by atoms with Gasteiger partial charge in [0.25, 0.3) is 0 Å². The van der Waals surface area contributed by atoms with Gasteiger partial charge in [-0.2, -0.15) is 5.26 Å². The van der Waals surface area contributed by atoms with Gasteiger partial charge in [-0.1, -0.05) is 0 Å². The maximum atomic E-state index is 11.6. The summed E-state index contributed by atoms with van der Waals surface area (Å²) in [6, 6.07) is 4.85. The van der Waals surface area contributed by atoms with Crippen LogP contribution in [0.25, 0.3) is 11.0 Å². The van der Waals surface area contributed by atoms with Gasteiger partial charge in [0.15, 0.2) is 15.4 Å². The smallest absolute Gasteiger partial charge is 0.204 e. The molecule has 2 aromatic rings. The van der Waals surface area contributed by atoms with Gasteiger partial charge in [0.05, 0.1) is 21.7 Å². The number of furan rings is 1. The Bertz CT molecular complexity index is 1050. The van der Waals surface area contributed by atoms with Crippen LogP contribution in [0.2, 0.25) is 0 Å². The number of sulfone groups is 1. The van der Waals surface area contributed by atoms with Crippen LogP contribution in [0.15, 0.2) is 21.2 Å². The minimum absolute atomic E-state index is 0.0894. The molecule has 0 radical (unpaired) electrons. The number of nitrogens with zero attached hydrogens (tertiary/aromatic N) is 3. The van der Waals surface area contributed by atoms with Gasteiger partial charge in [-0.3, -0.25) is 4.90 Å². The maximum absolute atomic E-state index is 11.6. The van der Waals surface area contributed by atoms with Gasteiger partial charge < -0.3 is 9.73 Å². The summed E-state index contributed by atoms with van der Waals surface area (Å²) >= 11 is 3.58. The van der Waals surface area contributed by atoms with Crippen LogP contribution in [0.3, 0.4) is 0 Å². The van der Waals surface area contributed by atoms with E-state index in [-0.39, 0.29) is 17.1 Å². The first-order valence-electron chi connectivity index (χ1n) is 9.18. The number of nitrogens with one attached hydrogen (secondary N) is 1. The Balaban J connectivity index is 1.22. The Morgan fingerprint density at radius 3 is 2.74 bits per heavy atom. The van der Waals surface area contributed by atoms with Crippen molar-refractivity contribution in [1.82, 2.24) is 9.88 Å². The quantitative estimate of drug-likeness (QED) is 0.766. The van der Waals surface area contributed by atoms with Gasteiger partial charge >= 0.3 is 0 Å². The van der Waals surface area contributed by atoms with Crippen molar-refractivity contribution < 1.29 is 12.8 Å². The highest BCUT2D eigenvalue weighted by atomic mass is 79.9. The Labute approximate surface area is 165 Å². The molecule has 0 aromatic carbocycles. The molecule has 1 saturated carbocycles. The third kappa shape index (κ3) is 2.77. The van der Waals surface area contributed by atoms with E-state index in [1.807, 2.05) is 6.07 Å². The van der Waals surface area contributed by atoms with Crippen LogP contribution in [0.5, 0.6) is 0 Å². The maximum Gasteiger partial charge on any atom is 0.204 e. The first-order chi connectivity index (χ1) is 13.0. The molecule has 0 amide bonds. The van der Waals surface area contributed by atoms with Crippen LogP contribution >= 0.6 is 15.9 Å². The molecule has 2 aliphatic heterocycles. The number of hydrogen-bond acceptors (Lipinski definition) is 7. The average molecular weight is 451 g/mol. The number of pyridine rings is 1. The summed E-state index contributed by atoms with van der Waals surface area (Å²) in [7, 11) is -2.76. The van der Waals surface area contributed by atoms with Crippen LogP contribution < -0.4 is 5.32 Å². The largest absolute Gasteiger partial charge is 0.444 e. The molecule has 7 nitrogen and oxygen atoms in total. The monoisotopic (exact) mass is 450 g/mol. The molecule has 1 aliphatic carbocycles. The molecule has 0 spiro atoms. The summed E-state index contributed by atoms with van der Waals surface area (Å²) in [4.78, 5) is 6.84. The first kappa shape index (κ1) is 17.5. The molecule has 2 aromatic heterocycles. The number of hydrogen-bond donors (Lipinski definition) is 1. The van der Waals surface area contributed by atoms with Crippen molar-refractivity contribution in [3.8, 4) is 6.07 Å². The molecular formula is C18H19BrN4O3S. The lowest BCUT2D eigenvalue weighted by Crippen LogP contribution is -2.76. The highest BCUT2D eigenvalue weighted by Gasteiger charge is 2.58. The SMILES string of the molecule is N#Cc1cc2c(Br)c(NC3CCC(N4CC5[C@@H]4CS5(=O)=O)CC3)ncc2o1. The molecule has 3 fully saturated rings. The minimum Gasteiger partial charge on any atom is -0.444 e. The molecule has 142 valence electrons. The summed E-state index contributed by atoms with van der Waals surface area (Å²) in [5, 5.41) is 13.3. The highest BCUT2D eigenvalue weighted by molar-refractivity contribution is 9.10. The van der Waals surface area contributed by atoms with Gasteiger partial charge in [-0.25, -0.2) is 13.4 Å². The summed E-state index contributed by atoms with van der Waals surface area (Å²) in [5.41, 5.74) is 0.593. The van der Waals surface area contributed by atoms with Crippen LogP contribution in [0.1, 0.15) is 31.4 Å². The van der Waals surface area contributed by atoms with E-state index in [0.717, 1.165) is 47.9 Å². The van der Waals surface area contributed by atoms with E-state index < -0.39 is 9.84 Å². The van der Waals surface area contributed by atoms with E-state index in [0.29, 0.717) is 23.4 Å². The third-order valence-corrected chi connectivity index (χ3v) is 9.24. The second kappa shape index (κ2) is 6.19. The lowest BCUT2D eigenvalue weighted by molar-refractivity contribution is 0.0244. The summed E-state index contributed by atoms with van der Waals surface area (Å²) < 4.78 is 29.5. The van der Waals surface area contributed by atoms with Crippen molar-refractivity contribution in [2.75, 3.05) is 17.6 Å². The van der Waals surface area contributed by atoms with Gasteiger partial charge in [-0.15, -0.1) is 0 Å². The van der Waals surface area contributed by atoms with Crippen molar-refractivity contribution in [2.24, 2.45) is 0 Å². The molecule has 2 saturated heterocycles. The molecular weight excluding hydrogens is 432 g/mol. The average Bonchev–Trinajstić information content (AvgIpc) is 3.07. The molecule has 0 bridgehead atoms. The second-order valence-corrected chi connectivity index (χ2v) is 10.8. The summed E-state index contributed by atoms with van der Waals surface area (Å²) in [5.74, 6) is 1.39. The van der Waals surface area contributed by atoms with Crippen LogP contribution in [0, 0.1) is 11.3 Å². The highest BCUT2D eigenvalue weighted by Crippen LogP contribution is 2.41. The van der Waals surface area contributed by atoms with Crippen molar-refractivity contribution in [2.45, 2.75) is 49.1 Å². The molecule has 1 unspecified atom stereocenters. The standard InChI is InChI=1S/C18H19BrN4O3S/c19-17-13-5-12(6-20)26-15(13)7-21-18(17)22-10-1-3-11(4-2-10)23-8-16-14(23)9-27(16,24)25/h5,7,10-11,14,16H,1-4,8-9H2,(H,21,22)/t10?,11?,14-,16?/m0/s1. The number of rotatable bonds is 3. The number of nitriles is 1. The third-order valence-electron chi connectivity index (χ3n) is 6.24. The minimum atomic E-state index is -2.76. The Hall–Kier alpha value is -1.63. The van der Waals surface area contributed by atoms with E-state index in [9.17, 15) is 8.42 Å². The van der Waals surface area contributed by atoms with Crippen molar-refractivity contribution >= 4 is 42.6 Å².